The van der Waals surface area contributed by atoms with E-state index in [-0.39, 0.29) is 17.2 Å². The maximum Gasteiger partial charge on any atom is 0.243 e. The number of anilines is 1. The number of benzene rings is 2. The third kappa shape index (κ3) is 5.44. The highest BCUT2D eigenvalue weighted by atomic mass is 32.2. The Morgan fingerprint density at radius 3 is 2.59 bits per heavy atom. The van der Waals surface area contributed by atoms with Crippen molar-refractivity contribution in [1.82, 2.24) is 9.29 Å². The van der Waals surface area contributed by atoms with Crippen LogP contribution in [-0.4, -0.2) is 36.7 Å². The molecule has 1 fully saturated rings. The summed E-state index contributed by atoms with van der Waals surface area (Å²) in [6.45, 7) is 1.09. The minimum atomic E-state index is -3.53. The van der Waals surface area contributed by atoms with Crippen LogP contribution in [0.4, 0.5) is 5.69 Å². The zero-order valence-electron chi connectivity index (χ0n) is 17.9. The Kier molecular flexibility index (Phi) is 7.02. The van der Waals surface area contributed by atoms with Gasteiger partial charge in [-0.3, -0.25) is 4.79 Å². The number of piperidine rings is 1. The summed E-state index contributed by atoms with van der Waals surface area (Å²) in [6.07, 6.45) is 5.92. The van der Waals surface area contributed by atoms with Crippen molar-refractivity contribution in [2.45, 2.75) is 43.4 Å². The highest BCUT2D eigenvalue weighted by molar-refractivity contribution is 7.89. The molecule has 2 heterocycles. The predicted octanol–water partition coefficient (Wildman–Crippen LogP) is 4.48. The zero-order valence-corrected chi connectivity index (χ0v) is 18.7. The molecule has 1 aromatic heterocycles. The number of sulfonamides is 1. The zero-order chi connectivity index (χ0) is 22.4. The summed E-state index contributed by atoms with van der Waals surface area (Å²) in [5, 5.41) is 2.80. The molecule has 0 atom stereocenters. The van der Waals surface area contributed by atoms with E-state index in [1.165, 1.54) is 10.4 Å². The molecule has 2 aromatic carbocycles. The van der Waals surface area contributed by atoms with Gasteiger partial charge < -0.3 is 9.73 Å². The second-order valence-corrected chi connectivity index (χ2v) is 9.82. The van der Waals surface area contributed by atoms with Gasteiger partial charge in [0.2, 0.25) is 15.9 Å². The van der Waals surface area contributed by atoms with Gasteiger partial charge in [0.05, 0.1) is 11.1 Å². The quantitative estimate of drug-likeness (QED) is 0.543. The molecule has 1 aliphatic rings. The van der Waals surface area contributed by atoms with Crippen LogP contribution in [0.2, 0.25) is 0 Å². The highest BCUT2D eigenvalue weighted by Gasteiger charge is 2.26. The number of amides is 1. The Labute approximate surface area is 188 Å². The van der Waals surface area contributed by atoms with Crippen LogP contribution in [0, 0.1) is 0 Å². The summed E-state index contributed by atoms with van der Waals surface area (Å²) >= 11 is 0. The lowest BCUT2D eigenvalue weighted by Gasteiger charge is -2.26. The van der Waals surface area contributed by atoms with E-state index in [2.05, 4.69) is 10.3 Å². The van der Waals surface area contributed by atoms with Crippen LogP contribution < -0.4 is 5.32 Å². The second-order valence-electron chi connectivity index (χ2n) is 7.88. The van der Waals surface area contributed by atoms with E-state index >= 15 is 0 Å². The first-order valence-electron chi connectivity index (χ1n) is 10.9. The van der Waals surface area contributed by atoms with Crippen LogP contribution in [0.15, 0.2) is 70.1 Å². The van der Waals surface area contributed by atoms with E-state index in [0.29, 0.717) is 43.3 Å². The van der Waals surface area contributed by atoms with Crippen molar-refractivity contribution in [1.29, 1.82) is 0 Å². The predicted molar refractivity (Wildman–Crippen MR) is 123 cm³/mol. The third-order valence-electron chi connectivity index (χ3n) is 5.48. The number of rotatable bonds is 8. The lowest BCUT2D eigenvalue weighted by molar-refractivity contribution is -0.116. The van der Waals surface area contributed by atoms with Crippen LogP contribution in [0.1, 0.15) is 38.0 Å². The first-order chi connectivity index (χ1) is 15.5. The van der Waals surface area contributed by atoms with Crippen molar-refractivity contribution < 1.29 is 17.6 Å². The maximum atomic E-state index is 12.9. The van der Waals surface area contributed by atoms with Crippen molar-refractivity contribution in [2.75, 3.05) is 18.4 Å². The molecule has 4 rings (SSSR count). The van der Waals surface area contributed by atoms with Gasteiger partial charge in [0.1, 0.15) is 0 Å². The Bertz CT molecular complexity index is 1150. The van der Waals surface area contributed by atoms with Crippen molar-refractivity contribution in [3.05, 3.63) is 66.7 Å². The van der Waals surface area contributed by atoms with Gasteiger partial charge in [-0.25, -0.2) is 13.4 Å². The van der Waals surface area contributed by atoms with Crippen molar-refractivity contribution in [3.8, 4) is 11.3 Å². The average Bonchev–Trinajstić information content (AvgIpc) is 3.29. The van der Waals surface area contributed by atoms with Crippen LogP contribution in [0.3, 0.4) is 0 Å². The fourth-order valence-electron chi connectivity index (χ4n) is 3.77. The smallest absolute Gasteiger partial charge is 0.243 e. The standard InChI is InChI=1S/C24H27N3O4S/c28-23(13-8-14-24-25-18-22(31-24)19-9-3-1-4-10-19)26-20-11-7-12-21(17-20)32(29,30)27-15-5-2-6-16-27/h1,3-4,7,9-12,17-18H,2,5-6,8,13-16H2,(H,26,28). The van der Waals surface area contributed by atoms with Gasteiger partial charge >= 0.3 is 0 Å². The maximum absolute atomic E-state index is 12.9. The first kappa shape index (κ1) is 22.2. The Balaban J connectivity index is 1.30. The van der Waals surface area contributed by atoms with Gasteiger partial charge in [0.25, 0.3) is 0 Å². The molecule has 32 heavy (non-hydrogen) atoms. The van der Waals surface area contributed by atoms with Gasteiger partial charge in [-0.15, -0.1) is 0 Å². The van der Waals surface area contributed by atoms with Crippen molar-refractivity contribution in [2.24, 2.45) is 0 Å². The number of oxazole rings is 1. The molecule has 1 N–H and O–H groups in total. The lowest BCUT2D eigenvalue weighted by Crippen LogP contribution is -2.35. The Morgan fingerprint density at radius 2 is 1.81 bits per heavy atom. The number of hydrogen-bond acceptors (Lipinski definition) is 5. The Hall–Kier alpha value is -2.97. The highest BCUT2D eigenvalue weighted by Crippen LogP contribution is 2.23. The first-order valence-corrected chi connectivity index (χ1v) is 12.4. The molecule has 0 aliphatic carbocycles. The number of carbonyl (C=O) groups excluding carboxylic acids is 1. The molecule has 1 amide bonds. The summed E-state index contributed by atoms with van der Waals surface area (Å²) < 4.78 is 33.0. The number of carbonyl (C=O) groups is 1. The molecule has 0 saturated carbocycles. The molecule has 3 aromatic rings. The number of aromatic nitrogens is 1. The summed E-state index contributed by atoms with van der Waals surface area (Å²) in [7, 11) is -3.53. The number of nitrogens with one attached hydrogen (secondary N) is 1. The van der Waals surface area contributed by atoms with Gasteiger partial charge in [0.15, 0.2) is 11.7 Å². The van der Waals surface area contributed by atoms with Gasteiger partial charge in [0, 0.05) is 37.2 Å². The molecule has 0 radical (unpaired) electrons. The second kappa shape index (κ2) is 10.1. The SMILES string of the molecule is O=C(CCCc1ncc(-c2ccccc2)o1)Nc1cccc(S(=O)(=O)N2CCCCC2)c1. The lowest BCUT2D eigenvalue weighted by atomic mass is 10.2. The number of hydrogen-bond donors (Lipinski definition) is 1. The molecule has 7 nitrogen and oxygen atoms in total. The topological polar surface area (TPSA) is 92.5 Å². The van der Waals surface area contributed by atoms with Gasteiger partial charge in [-0.2, -0.15) is 4.31 Å². The molecule has 0 unspecified atom stereocenters. The largest absolute Gasteiger partial charge is 0.441 e. The monoisotopic (exact) mass is 453 g/mol. The summed E-state index contributed by atoms with van der Waals surface area (Å²) in [5.41, 5.74) is 1.44. The molecular weight excluding hydrogens is 426 g/mol. The van der Waals surface area contributed by atoms with E-state index in [4.69, 9.17) is 4.42 Å². The van der Waals surface area contributed by atoms with Crippen LogP contribution in [0.25, 0.3) is 11.3 Å². The fraction of sp³-hybridized carbons (Fsp3) is 0.333. The van der Waals surface area contributed by atoms with Gasteiger partial charge in [-0.05, 0) is 37.5 Å². The van der Waals surface area contributed by atoms with E-state index in [0.717, 1.165) is 24.8 Å². The van der Waals surface area contributed by atoms with E-state index in [9.17, 15) is 13.2 Å². The molecular formula is C24H27N3O4S. The molecule has 1 aliphatic heterocycles. The molecule has 0 spiro atoms. The number of nitrogens with zero attached hydrogens (tertiary/aromatic N) is 2. The molecule has 8 heteroatoms. The Morgan fingerprint density at radius 1 is 1.03 bits per heavy atom. The van der Waals surface area contributed by atoms with Crippen LogP contribution >= 0.6 is 0 Å². The number of aryl methyl sites for hydroxylation is 1. The van der Waals surface area contributed by atoms with E-state index in [1.807, 2.05) is 30.3 Å². The molecule has 168 valence electrons. The summed E-state index contributed by atoms with van der Waals surface area (Å²) in [6, 6.07) is 16.2. The van der Waals surface area contributed by atoms with Gasteiger partial charge in [-0.1, -0.05) is 42.8 Å². The van der Waals surface area contributed by atoms with Crippen molar-refractivity contribution in [3.63, 3.8) is 0 Å². The fourth-order valence-corrected chi connectivity index (χ4v) is 5.34. The third-order valence-corrected chi connectivity index (χ3v) is 7.37. The van der Waals surface area contributed by atoms with Crippen LogP contribution in [0.5, 0.6) is 0 Å². The van der Waals surface area contributed by atoms with Crippen molar-refractivity contribution >= 4 is 21.6 Å². The van der Waals surface area contributed by atoms with E-state index < -0.39 is 10.0 Å². The molecule has 0 bridgehead atoms. The molecule has 1 saturated heterocycles. The minimum absolute atomic E-state index is 0.174. The average molecular weight is 454 g/mol. The summed E-state index contributed by atoms with van der Waals surface area (Å²) in [4.78, 5) is 16.9. The van der Waals surface area contributed by atoms with Crippen LogP contribution in [-0.2, 0) is 21.2 Å². The van der Waals surface area contributed by atoms with E-state index in [1.54, 1.807) is 24.4 Å². The normalized spacial score (nSPS) is 14.9. The minimum Gasteiger partial charge on any atom is -0.441 e. The summed E-state index contributed by atoms with van der Waals surface area (Å²) in [5.74, 6) is 1.12.